The van der Waals surface area contributed by atoms with Crippen molar-refractivity contribution in [1.29, 1.82) is 0 Å². The molecular formula is C21H28N2O3. The summed E-state index contributed by atoms with van der Waals surface area (Å²) in [6.07, 6.45) is 2.07. The molecule has 1 amide bonds. The quantitative estimate of drug-likeness (QED) is 0.548. The Hall–Kier alpha value is -2.69. The summed E-state index contributed by atoms with van der Waals surface area (Å²) in [4.78, 5) is 12.6. The second kappa shape index (κ2) is 9.13. The fourth-order valence-corrected chi connectivity index (χ4v) is 2.64. The number of unbranched alkanes of at least 4 members (excludes halogenated alkanes) is 1. The van der Waals surface area contributed by atoms with Gasteiger partial charge in [-0.3, -0.25) is 4.79 Å². The summed E-state index contributed by atoms with van der Waals surface area (Å²) >= 11 is 0. The van der Waals surface area contributed by atoms with Crippen molar-refractivity contribution in [1.82, 2.24) is 5.32 Å². The summed E-state index contributed by atoms with van der Waals surface area (Å²) in [5, 5.41) is 3.01. The van der Waals surface area contributed by atoms with E-state index in [9.17, 15) is 4.79 Å². The Labute approximate surface area is 155 Å². The van der Waals surface area contributed by atoms with E-state index in [4.69, 9.17) is 15.2 Å². The van der Waals surface area contributed by atoms with Gasteiger partial charge in [0, 0.05) is 11.3 Å². The van der Waals surface area contributed by atoms with E-state index in [0.29, 0.717) is 23.6 Å². The molecule has 2 rings (SSSR count). The first kappa shape index (κ1) is 19.6. The van der Waals surface area contributed by atoms with Crippen LogP contribution in [0.15, 0.2) is 36.4 Å². The Kier molecular flexibility index (Phi) is 6.89. The van der Waals surface area contributed by atoms with Gasteiger partial charge in [0.15, 0.2) is 11.5 Å². The van der Waals surface area contributed by atoms with Gasteiger partial charge < -0.3 is 20.5 Å². The van der Waals surface area contributed by atoms with Crippen molar-refractivity contribution in [3.05, 3.63) is 53.1 Å². The van der Waals surface area contributed by atoms with Gasteiger partial charge in [0.25, 0.3) is 5.91 Å². The van der Waals surface area contributed by atoms with Crippen molar-refractivity contribution in [2.24, 2.45) is 0 Å². The number of nitrogens with one attached hydrogen (secondary N) is 1. The largest absolute Gasteiger partial charge is 0.493 e. The topological polar surface area (TPSA) is 73.6 Å². The summed E-state index contributed by atoms with van der Waals surface area (Å²) in [6, 6.07) is 10.9. The fourth-order valence-electron chi connectivity index (χ4n) is 2.64. The van der Waals surface area contributed by atoms with Gasteiger partial charge in [-0.2, -0.15) is 0 Å². The number of benzene rings is 2. The lowest BCUT2D eigenvalue weighted by molar-refractivity contribution is 0.0939. The number of carbonyl (C=O) groups excluding carboxylic acids is 1. The number of hydrogen-bond donors (Lipinski definition) is 2. The molecular weight excluding hydrogens is 328 g/mol. The van der Waals surface area contributed by atoms with E-state index in [-0.39, 0.29) is 11.9 Å². The smallest absolute Gasteiger partial charge is 0.252 e. The minimum Gasteiger partial charge on any atom is -0.493 e. The summed E-state index contributed by atoms with van der Waals surface area (Å²) in [6.45, 7) is 6.61. The molecule has 0 aromatic heterocycles. The molecule has 0 saturated carbocycles. The van der Waals surface area contributed by atoms with E-state index >= 15 is 0 Å². The molecule has 0 saturated heterocycles. The molecule has 5 heteroatoms. The van der Waals surface area contributed by atoms with Crippen LogP contribution in [0.2, 0.25) is 0 Å². The van der Waals surface area contributed by atoms with E-state index < -0.39 is 0 Å². The molecule has 1 unspecified atom stereocenters. The monoisotopic (exact) mass is 356 g/mol. The maximum absolute atomic E-state index is 12.6. The van der Waals surface area contributed by atoms with Crippen LogP contribution in [0.5, 0.6) is 11.5 Å². The van der Waals surface area contributed by atoms with Gasteiger partial charge in [0.2, 0.25) is 0 Å². The molecule has 3 N–H and O–H groups in total. The molecule has 0 fully saturated rings. The van der Waals surface area contributed by atoms with Crippen LogP contribution < -0.4 is 20.5 Å². The summed E-state index contributed by atoms with van der Waals surface area (Å²) in [7, 11) is 1.62. The van der Waals surface area contributed by atoms with Gasteiger partial charge in [-0.15, -0.1) is 0 Å². The molecule has 0 spiro atoms. The molecule has 26 heavy (non-hydrogen) atoms. The Bertz CT molecular complexity index is 759. The van der Waals surface area contributed by atoms with Gasteiger partial charge in [0.05, 0.1) is 19.8 Å². The van der Waals surface area contributed by atoms with Gasteiger partial charge in [-0.05, 0) is 55.7 Å². The zero-order valence-corrected chi connectivity index (χ0v) is 16.0. The van der Waals surface area contributed by atoms with Crippen LogP contribution in [0, 0.1) is 6.92 Å². The van der Waals surface area contributed by atoms with E-state index in [0.717, 1.165) is 29.7 Å². The lowest BCUT2D eigenvalue weighted by Crippen LogP contribution is -2.27. The van der Waals surface area contributed by atoms with Gasteiger partial charge in [0.1, 0.15) is 0 Å². The van der Waals surface area contributed by atoms with Gasteiger partial charge in [-0.1, -0.05) is 25.5 Å². The van der Waals surface area contributed by atoms with E-state index in [2.05, 4.69) is 12.2 Å². The highest BCUT2D eigenvalue weighted by Gasteiger charge is 2.15. The number of anilines is 1. The number of ether oxygens (including phenoxy) is 2. The maximum Gasteiger partial charge on any atom is 0.252 e. The van der Waals surface area contributed by atoms with Crippen LogP contribution in [0.4, 0.5) is 5.69 Å². The molecule has 5 nitrogen and oxygen atoms in total. The van der Waals surface area contributed by atoms with Crippen molar-refractivity contribution in [2.45, 2.75) is 39.7 Å². The molecule has 0 aliphatic carbocycles. The highest BCUT2D eigenvalue weighted by Crippen LogP contribution is 2.30. The number of aryl methyl sites for hydroxylation is 1. The van der Waals surface area contributed by atoms with Crippen LogP contribution in [0.3, 0.4) is 0 Å². The lowest BCUT2D eigenvalue weighted by atomic mass is 10.0. The summed E-state index contributed by atoms with van der Waals surface area (Å²) < 4.78 is 11.2. The predicted molar refractivity (Wildman–Crippen MR) is 105 cm³/mol. The molecule has 0 radical (unpaired) electrons. The molecule has 1 atom stereocenters. The highest BCUT2D eigenvalue weighted by molar-refractivity contribution is 5.96. The molecule has 0 bridgehead atoms. The number of nitrogen functional groups attached to an aromatic ring is 1. The van der Waals surface area contributed by atoms with Crippen LogP contribution in [0.1, 0.15) is 54.2 Å². The number of carbonyl (C=O) groups is 1. The molecule has 140 valence electrons. The molecule has 0 aliphatic rings. The van der Waals surface area contributed by atoms with Crippen LogP contribution in [-0.2, 0) is 0 Å². The zero-order valence-electron chi connectivity index (χ0n) is 16.0. The number of rotatable bonds is 8. The van der Waals surface area contributed by atoms with Crippen LogP contribution >= 0.6 is 0 Å². The number of amides is 1. The number of nitrogens with two attached hydrogens (primary N) is 1. The predicted octanol–water partition coefficient (Wildman–Crippen LogP) is 4.26. The molecule has 2 aromatic rings. The minimum atomic E-state index is -0.179. The third kappa shape index (κ3) is 4.91. The normalized spacial score (nSPS) is 11.7. The Morgan fingerprint density at radius 2 is 1.96 bits per heavy atom. The summed E-state index contributed by atoms with van der Waals surface area (Å²) in [5.74, 6) is 1.24. The fraction of sp³-hybridized carbons (Fsp3) is 0.381. The Morgan fingerprint density at radius 3 is 2.65 bits per heavy atom. The second-order valence-corrected chi connectivity index (χ2v) is 6.38. The third-order valence-corrected chi connectivity index (χ3v) is 4.30. The lowest BCUT2D eigenvalue weighted by Gasteiger charge is -2.18. The highest BCUT2D eigenvalue weighted by atomic mass is 16.5. The Balaban J connectivity index is 2.12. The maximum atomic E-state index is 12.6. The van der Waals surface area contributed by atoms with Crippen molar-refractivity contribution in [3.63, 3.8) is 0 Å². The van der Waals surface area contributed by atoms with E-state index in [1.807, 2.05) is 38.1 Å². The second-order valence-electron chi connectivity index (χ2n) is 6.38. The first-order chi connectivity index (χ1) is 12.5. The molecule has 0 aliphatic heterocycles. The number of methoxy groups -OCH3 is 1. The average molecular weight is 356 g/mol. The van der Waals surface area contributed by atoms with Gasteiger partial charge in [-0.25, -0.2) is 0 Å². The molecule has 2 aromatic carbocycles. The standard InChI is InChI=1S/C21H28N2O3/c1-5-6-11-26-19-10-8-16(12-20(19)25-4)15(3)23-21(24)18-13-17(22)9-7-14(18)2/h7-10,12-13,15H,5-6,11,22H2,1-4H3,(H,23,24). The minimum absolute atomic E-state index is 0.149. The van der Waals surface area contributed by atoms with E-state index in [1.54, 1.807) is 19.2 Å². The van der Waals surface area contributed by atoms with Crippen molar-refractivity contribution < 1.29 is 14.3 Å². The van der Waals surface area contributed by atoms with Crippen LogP contribution in [-0.4, -0.2) is 19.6 Å². The average Bonchev–Trinajstić information content (AvgIpc) is 2.63. The third-order valence-electron chi connectivity index (χ3n) is 4.30. The van der Waals surface area contributed by atoms with Crippen molar-refractivity contribution in [3.8, 4) is 11.5 Å². The van der Waals surface area contributed by atoms with Crippen LogP contribution in [0.25, 0.3) is 0 Å². The first-order valence-corrected chi connectivity index (χ1v) is 8.94. The number of hydrogen-bond acceptors (Lipinski definition) is 4. The summed E-state index contributed by atoms with van der Waals surface area (Å²) in [5.41, 5.74) is 8.79. The SMILES string of the molecule is CCCCOc1ccc(C(C)NC(=O)c2cc(N)ccc2C)cc1OC. The van der Waals surface area contributed by atoms with Gasteiger partial charge >= 0.3 is 0 Å². The Morgan fingerprint density at radius 1 is 1.19 bits per heavy atom. The molecule has 0 heterocycles. The first-order valence-electron chi connectivity index (χ1n) is 8.94. The van der Waals surface area contributed by atoms with E-state index in [1.165, 1.54) is 0 Å². The van der Waals surface area contributed by atoms with Crippen molar-refractivity contribution >= 4 is 11.6 Å². The van der Waals surface area contributed by atoms with Crippen molar-refractivity contribution in [2.75, 3.05) is 19.5 Å². The zero-order chi connectivity index (χ0) is 19.1.